The van der Waals surface area contributed by atoms with Crippen LogP contribution in [0.5, 0.6) is 0 Å². The van der Waals surface area contributed by atoms with E-state index in [1.54, 1.807) is 10.9 Å². The van der Waals surface area contributed by atoms with Crippen molar-refractivity contribution in [1.29, 1.82) is 0 Å². The van der Waals surface area contributed by atoms with Gasteiger partial charge in [0.15, 0.2) is 0 Å². The van der Waals surface area contributed by atoms with Crippen molar-refractivity contribution in [2.45, 2.75) is 19.9 Å². The summed E-state index contributed by atoms with van der Waals surface area (Å²) in [6.07, 6.45) is 4.31. The summed E-state index contributed by atoms with van der Waals surface area (Å²) in [4.78, 5) is 18.1. The zero-order valence-electron chi connectivity index (χ0n) is 10.8. The van der Waals surface area contributed by atoms with Crippen molar-refractivity contribution in [1.82, 2.24) is 19.7 Å². The second-order valence-corrected chi connectivity index (χ2v) is 4.42. The topological polar surface area (TPSA) is 98.8 Å². The van der Waals surface area contributed by atoms with E-state index in [1.807, 2.05) is 12.3 Å². The zero-order chi connectivity index (χ0) is 14.5. The molecule has 0 aliphatic rings. The van der Waals surface area contributed by atoms with Gasteiger partial charge in [0.05, 0.1) is 4.92 Å². The van der Waals surface area contributed by atoms with E-state index in [9.17, 15) is 10.1 Å². The van der Waals surface area contributed by atoms with Gasteiger partial charge in [0, 0.05) is 25.5 Å². The highest BCUT2D eigenvalue weighted by atomic mass is 35.5. The fraction of sp³-hybridized carbons (Fsp3) is 0.364. The SMILES string of the molecule is Cc1nc(Cl)nc(NCCCn2cccn2)c1[N+](=O)[O-]. The third-order valence-corrected chi connectivity index (χ3v) is 2.80. The molecule has 0 bridgehead atoms. The normalized spacial score (nSPS) is 10.5. The van der Waals surface area contributed by atoms with Crippen molar-refractivity contribution in [3.8, 4) is 0 Å². The number of hydrogen-bond acceptors (Lipinski definition) is 6. The smallest absolute Gasteiger partial charge is 0.332 e. The molecule has 0 aromatic carbocycles. The Morgan fingerprint density at radius 2 is 2.30 bits per heavy atom. The maximum Gasteiger partial charge on any atom is 0.332 e. The molecular formula is C11H13ClN6O2. The van der Waals surface area contributed by atoms with E-state index in [2.05, 4.69) is 20.4 Å². The van der Waals surface area contributed by atoms with Crippen LogP contribution in [0.3, 0.4) is 0 Å². The minimum atomic E-state index is -0.512. The fourth-order valence-electron chi connectivity index (χ4n) is 1.76. The van der Waals surface area contributed by atoms with Crippen LogP contribution in [0.4, 0.5) is 11.5 Å². The number of hydrogen-bond donors (Lipinski definition) is 1. The molecule has 2 aromatic heterocycles. The molecule has 0 radical (unpaired) electrons. The molecular weight excluding hydrogens is 284 g/mol. The molecule has 0 atom stereocenters. The Balaban J connectivity index is 1.99. The van der Waals surface area contributed by atoms with Gasteiger partial charge in [-0.25, -0.2) is 4.98 Å². The lowest BCUT2D eigenvalue weighted by Crippen LogP contribution is -2.11. The van der Waals surface area contributed by atoms with E-state index in [1.165, 1.54) is 6.92 Å². The first-order valence-electron chi connectivity index (χ1n) is 5.98. The molecule has 0 aliphatic carbocycles. The Morgan fingerprint density at radius 1 is 1.50 bits per heavy atom. The lowest BCUT2D eigenvalue weighted by atomic mass is 10.3. The monoisotopic (exact) mass is 296 g/mol. The van der Waals surface area contributed by atoms with Gasteiger partial charge >= 0.3 is 5.69 Å². The number of nitrogens with one attached hydrogen (secondary N) is 1. The summed E-state index contributed by atoms with van der Waals surface area (Å²) in [6, 6.07) is 1.84. The van der Waals surface area contributed by atoms with Crippen molar-refractivity contribution in [3.63, 3.8) is 0 Å². The van der Waals surface area contributed by atoms with Crippen molar-refractivity contribution < 1.29 is 4.92 Å². The molecule has 1 N–H and O–H groups in total. The fourth-order valence-corrected chi connectivity index (χ4v) is 1.97. The van der Waals surface area contributed by atoms with E-state index in [-0.39, 0.29) is 22.5 Å². The molecule has 106 valence electrons. The van der Waals surface area contributed by atoms with Gasteiger partial charge in [-0.15, -0.1) is 0 Å². The molecule has 0 fully saturated rings. The van der Waals surface area contributed by atoms with Gasteiger partial charge < -0.3 is 5.32 Å². The van der Waals surface area contributed by atoms with Gasteiger partial charge in [0.2, 0.25) is 11.1 Å². The van der Waals surface area contributed by atoms with Crippen LogP contribution in [-0.4, -0.2) is 31.2 Å². The van der Waals surface area contributed by atoms with Crippen molar-refractivity contribution in [2.24, 2.45) is 0 Å². The van der Waals surface area contributed by atoms with Crippen LogP contribution in [0.15, 0.2) is 18.5 Å². The minimum Gasteiger partial charge on any atom is -0.364 e. The first-order chi connectivity index (χ1) is 9.58. The molecule has 0 saturated carbocycles. The number of aromatic nitrogens is 4. The van der Waals surface area contributed by atoms with Gasteiger partial charge in [-0.05, 0) is 31.0 Å². The summed E-state index contributed by atoms with van der Waals surface area (Å²) < 4.78 is 1.79. The highest BCUT2D eigenvalue weighted by Crippen LogP contribution is 2.26. The van der Waals surface area contributed by atoms with E-state index in [4.69, 9.17) is 11.6 Å². The maximum atomic E-state index is 11.0. The Morgan fingerprint density at radius 3 is 2.95 bits per heavy atom. The Hall–Kier alpha value is -2.22. The van der Waals surface area contributed by atoms with Crippen molar-refractivity contribution in [2.75, 3.05) is 11.9 Å². The lowest BCUT2D eigenvalue weighted by Gasteiger charge is -2.07. The quantitative estimate of drug-likeness (QED) is 0.379. The highest BCUT2D eigenvalue weighted by Gasteiger charge is 2.21. The summed E-state index contributed by atoms with van der Waals surface area (Å²) >= 11 is 5.72. The van der Waals surface area contributed by atoms with Crippen LogP contribution < -0.4 is 5.32 Å². The highest BCUT2D eigenvalue weighted by molar-refractivity contribution is 6.28. The summed E-state index contributed by atoms with van der Waals surface area (Å²) in [6.45, 7) is 2.76. The number of aryl methyl sites for hydroxylation is 2. The third kappa shape index (κ3) is 3.41. The summed E-state index contributed by atoms with van der Waals surface area (Å²) in [5.74, 6) is 0.146. The average molecular weight is 297 g/mol. The predicted octanol–water partition coefficient (Wildman–Crippen LogP) is 2.05. The molecule has 9 heteroatoms. The lowest BCUT2D eigenvalue weighted by molar-refractivity contribution is -0.385. The van der Waals surface area contributed by atoms with E-state index in [0.717, 1.165) is 6.42 Å². The van der Waals surface area contributed by atoms with Crippen LogP contribution in [0, 0.1) is 17.0 Å². The second kappa shape index (κ2) is 6.29. The number of nitrogens with zero attached hydrogens (tertiary/aromatic N) is 5. The number of rotatable bonds is 6. The Labute approximate surface area is 120 Å². The largest absolute Gasteiger partial charge is 0.364 e. The van der Waals surface area contributed by atoms with Gasteiger partial charge in [-0.2, -0.15) is 10.1 Å². The molecule has 2 aromatic rings. The van der Waals surface area contributed by atoms with Crippen LogP contribution in [0.25, 0.3) is 0 Å². The summed E-state index contributed by atoms with van der Waals surface area (Å²) in [5, 5.41) is 18.0. The molecule has 0 spiro atoms. The van der Waals surface area contributed by atoms with Crippen LogP contribution in [-0.2, 0) is 6.54 Å². The molecule has 8 nitrogen and oxygen atoms in total. The number of halogens is 1. The number of nitro groups is 1. The molecule has 20 heavy (non-hydrogen) atoms. The van der Waals surface area contributed by atoms with Crippen LogP contribution in [0.2, 0.25) is 5.28 Å². The Bertz CT molecular complexity index is 601. The van der Waals surface area contributed by atoms with Gasteiger partial charge in [0.25, 0.3) is 0 Å². The summed E-state index contributed by atoms with van der Waals surface area (Å²) in [7, 11) is 0. The maximum absolute atomic E-state index is 11.0. The molecule has 0 amide bonds. The Kier molecular flexibility index (Phi) is 4.46. The van der Waals surface area contributed by atoms with E-state index >= 15 is 0 Å². The zero-order valence-corrected chi connectivity index (χ0v) is 11.5. The minimum absolute atomic E-state index is 0.0114. The summed E-state index contributed by atoms with van der Waals surface area (Å²) in [5.41, 5.74) is 0.0954. The molecule has 0 aliphatic heterocycles. The molecule has 0 saturated heterocycles. The van der Waals surface area contributed by atoms with Crippen LogP contribution >= 0.6 is 11.6 Å². The molecule has 2 rings (SSSR count). The van der Waals surface area contributed by atoms with E-state index in [0.29, 0.717) is 13.1 Å². The third-order valence-electron chi connectivity index (χ3n) is 2.63. The van der Waals surface area contributed by atoms with E-state index < -0.39 is 4.92 Å². The second-order valence-electron chi connectivity index (χ2n) is 4.08. The number of anilines is 1. The van der Waals surface area contributed by atoms with Gasteiger partial charge in [-0.3, -0.25) is 14.8 Å². The molecule has 0 unspecified atom stereocenters. The standard InChI is InChI=1S/C11H13ClN6O2/c1-8-9(18(19)20)10(16-11(12)15-8)13-4-2-6-17-7-3-5-14-17/h3,5,7H,2,4,6H2,1H3,(H,13,15,16). The first-order valence-corrected chi connectivity index (χ1v) is 6.35. The average Bonchev–Trinajstić information content (AvgIpc) is 2.86. The van der Waals surface area contributed by atoms with Crippen molar-refractivity contribution in [3.05, 3.63) is 39.6 Å². The van der Waals surface area contributed by atoms with Crippen LogP contribution in [0.1, 0.15) is 12.1 Å². The predicted molar refractivity (Wildman–Crippen MR) is 73.8 cm³/mol. The first kappa shape index (κ1) is 14.2. The van der Waals surface area contributed by atoms with Gasteiger partial charge in [0.1, 0.15) is 5.69 Å². The van der Waals surface area contributed by atoms with Crippen molar-refractivity contribution >= 4 is 23.1 Å². The molecule has 2 heterocycles. The van der Waals surface area contributed by atoms with Gasteiger partial charge in [-0.1, -0.05) is 0 Å².